The maximum Gasteiger partial charge on any atom is 0.300 e. The summed E-state index contributed by atoms with van der Waals surface area (Å²) >= 11 is 13.5. The van der Waals surface area contributed by atoms with Gasteiger partial charge in [-0.3, -0.25) is 4.72 Å². The third-order valence-electron chi connectivity index (χ3n) is 3.18. The molecule has 0 amide bonds. The first-order valence-corrected chi connectivity index (χ1v) is 10.1. The fraction of sp³-hybridized carbons (Fsp3) is 0.0667. The molecule has 2 N–H and O–H groups in total. The molecule has 130 valence electrons. The summed E-state index contributed by atoms with van der Waals surface area (Å²) in [5.41, 5.74) is 1.02. The van der Waals surface area contributed by atoms with Crippen molar-refractivity contribution in [1.29, 1.82) is 0 Å². The van der Waals surface area contributed by atoms with Crippen molar-refractivity contribution >= 4 is 50.6 Å². The zero-order chi connectivity index (χ0) is 17.9. The molecule has 3 rings (SSSR count). The second kappa shape index (κ2) is 7.67. The van der Waals surface area contributed by atoms with Crippen LogP contribution in [0, 0.1) is 0 Å². The van der Waals surface area contributed by atoms with Gasteiger partial charge in [0.1, 0.15) is 11.5 Å². The molecule has 0 spiro atoms. The lowest BCUT2D eigenvalue weighted by Crippen LogP contribution is -2.30. The predicted octanol–water partition coefficient (Wildman–Crippen LogP) is 3.96. The van der Waals surface area contributed by atoms with E-state index in [0.717, 1.165) is 4.88 Å². The molecule has 0 aliphatic heterocycles. The smallest absolute Gasteiger partial charge is 0.254 e. The number of anilines is 1. The molecule has 0 radical (unpaired) electrons. The molecule has 2 heterocycles. The molecule has 10 heteroatoms. The Bertz CT molecular complexity index is 962. The molecule has 0 unspecified atom stereocenters. The molecule has 25 heavy (non-hydrogen) atoms. The lowest BCUT2D eigenvalue weighted by Gasteiger charge is -2.13. The standard InChI is InChI=1S/C15H12Cl2N4O2S2/c16-11-5-3-10(4-6-11)13-14(17)18-9-19-15(13)21-25(22,23)20-8-12-2-1-7-24-12/h1-7,9,20H,8H2,(H,18,19,21). The van der Waals surface area contributed by atoms with Gasteiger partial charge in [0, 0.05) is 16.4 Å². The molecule has 0 saturated heterocycles. The highest BCUT2D eigenvalue weighted by Gasteiger charge is 2.18. The molecule has 0 saturated carbocycles. The van der Waals surface area contributed by atoms with E-state index in [9.17, 15) is 8.42 Å². The molecule has 2 aromatic heterocycles. The van der Waals surface area contributed by atoms with E-state index in [1.54, 1.807) is 24.3 Å². The van der Waals surface area contributed by atoms with Crippen LogP contribution in [0.2, 0.25) is 10.2 Å². The number of thiophene rings is 1. The number of hydrogen-bond donors (Lipinski definition) is 2. The Morgan fingerprint density at radius 2 is 1.84 bits per heavy atom. The third kappa shape index (κ3) is 4.68. The number of halogens is 2. The number of benzene rings is 1. The summed E-state index contributed by atoms with van der Waals surface area (Å²) in [5.74, 6) is 0.0843. The van der Waals surface area contributed by atoms with Crippen LogP contribution in [-0.2, 0) is 16.8 Å². The Balaban J connectivity index is 1.87. The van der Waals surface area contributed by atoms with Crippen LogP contribution < -0.4 is 9.44 Å². The van der Waals surface area contributed by atoms with E-state index >= 15 is 0 Å². The van der Waals surface area contributed by atoms with Crippen LogP contribution in [-0.4, -0.2) is 18.4 Å². The first-order chi connectivity index (χ1) is 11.9. The first kappa shape index (κ1) is 18.1. The number of aromatic nitrogens is 2. The minimum atomic E-state index is -3.83. The molecular formula is C15H12Cl2N4O2S2. The Morgan fingerprint density at radius 1 is 1.08 bits per heavy atom. The number of hydrogen-bond acceptors (Lipinski definition) is 5. The maximum atomic E-state index is 12.3. The zero-order valence-electron chi connectivity index (χ0n) is 12.6. The Hall–Kier alpha value is -1.71. The monoisotopic (exact) mass is 414 g/mol. The second-order valence-electron chi connectivity index (χ2n) is 4.90. The van der Waals surface area contributed by atoms with Crippen LogP contribution in [0.15, 0.2) is 48.1 Å². The topological polar surface area (TPSA) is 84.0 Å². The lowest BCUT2D eigenvalue weighted by atomic mass is 10.1. The lowest BCUT2D eigenvalue weighted by molar-refractivity contribution is 0.587. The van der Waals surface area contributed by atoms with Gasteiger partial charge in [-0.2, -0.15) is 13.1 Å². The van der Waals surface area contributed by atoms with E-state index in [2.05, 4.69) is 19.4 Å². The highest BCUT2D eigenvalue weighted by molar-refractivity contribution is 7.90. The number of nitrogens with zero attached hydrogens (tertiary/aromatic N) is 2. The van der Waals surface area contributed by atoms with E-state index in [4.69, 9.17) is 23.2 Å². The molecule has 0 aliphatic carbocycles. The Morgan fingerprint density at radius 3 is 2.52 bits per heavy atom. The van der Waals surface area contributed by atoms with Gasteiger partial charge in [-0.1, -0.05) is 41.4 Å². The van der Waals surface area contributed by atoms with Crippen molar-refractivity contribution in [2.24, 2.45) is 0 Å². The van der Waals surface area contributed by atoms with Gasteiger partial charge in [-0.15, -0.1) is 11.3 Å². The molecule has 6 nitrogen and oxygen atoms in total. The van der Waals surface area contributed by atoms with Crippen LogP contribution in [0.3, 0.4) is 0 Å². The van der Waals surface area contributed by atoms with Crippen molar-refractivity contribution in [1.82, 2.24) is 14.7 Å². The van der Waals surface area contributed by atoms with Crippen molar-refractivity contribution in [3.05, 3.63) is 63.2 Å². The summed E-state index contributed by atoms with van der Waals surface area (Å²) in [6.07, 6.45) is 1.19. The summed E-state index contributed by atoms with van der Waals surface area (Å²) in [6.45, 7) is 0.183. The second-order valence-corrected chi connectivity index (χ2v) is 8.23. The van der Waals surface area contributed by atoms with Crippen molar-refractivity contribution in [2.45, 2.75) is 6.54 Å². The Labute approximate surface area is 159 Å². The molecule has 0 atom stereocenters. The van der Waals surface area contributed by atoms with Crippen molar-refractivity contribution in [3.63, 3.8) is 0 Å². The minimum Gasteiger partial charge on any atom is -0.254 e. The van der Waals surface area contributed by atoms with Gasteiger partial charge in [0.05, 0.1) is 5.56 Å². The van der Waals surface area contributed by atoms with Crippen molar-refractivity contribution in [3.8, 4) is 11.1 Å². The summed E-state index contributed by atoms with van der Waals surface area (Å²) in [5, 5.41) is 2.56. The summed E-state index contributed by atoms with van der Waals surface area (Å²) in [7, 11) is -3.83. The molecule has 3 aromatic rings. The summed E-state index contributed by atoms with van der Waals surface area (Å²) < 4.78 is 29.5. The average Bonchev–Trinajstić information content (AvgIpc) is 3.08. The van der Waals surface area contributed by atoms with Crippen LogP contribution in [0.4, 0.5) is 5.82 Å². The minimum absolute atomic E-state index is 0.0843. The van der Waals surface area contributed by atoms with E-state index in [0.29, 0.717) is 16.1 Å². The zero-order valence-corrected chi connectivity index (χ0v) is 15.8. The van der Waals surface area contributed by atoms with Crippen molar-refractivity contribution < 1.29 is 8.42 Å². The summed E-state index contributed by atoms with van der Waals surface area (Å²) in [6, 6.07) is 10.5. The van der Waals surface area contributed by atoms with Gasteiger partial charge in [0.2, 0.25) is 0 Å². The van der Waals surface area contributed by atoms with Gasteiger partial charge in [-0.05, 0) is 29.1 Å². The molecular weight excluding hydrogens is 403 g/mol. The van der Waals surface area contributed by atoms with Crippen LogP contribution in [0.1, 0.15) is 4.88 Å². The van der Waals surface area contributed by atoms with Gasteiger partial charge in [0.15, 0.2) is 5.82 Å². The quantitative estimate of drug-likeness (QED) is 0.597. The van der Waals surface area contributed by atoms with Crippen LogP contribution in [0.5, 0.6) is 0 Å². The molecule has 0 fully saturated rings. The fourth-order valence-electron chi connectivity index (χ4n) is 2.06. The normalized spacial score (nSPS) is 11.4. The molecule has 0 aliphatic rings. The molecule has 0 bridgehead atoms. The van der Waals surface area contributed by atoms with Crippen LogP contribution in [0.25, 0.3) is 11.1 Å². The number of rotatable bonds is 6. The molecule has 1 aromatic carbocycles. The van der Waals surface area contributed by atoms with Crippen molar-refractivity contribution in [2.75, 3.05) is 4.72 Å². The van der Waals surface area contributed by atoms with Gasteiger partial charge in [-0.25, -0.2) is 9.97 Å². The van der Waals surface area contributed by atoms with E-state index in [-0.39, 0.29) is 17.5 Å². The van der Waals surface area contributed by atoms with E-state index < -0.39 is 10.2 Å². The SMILES string of the molecule is O=S(=O)(NCc1cccs1)Nc1ncnc(Cl)c1-c1ccc(Cl)cc1. The van der Waals surface area contributed by atoms with E-state index in [1.807, 2.05) is 17.5 Å². The first-order valence-electron chi connectivity index (χ1n) is 7.01. The largest absolute Gasteiger partial charge is 0.300 e. The van der Waals surface area contributed by atoms with Gasteiger partial charge >= 0.3 is 10.2 Å². The maximum absolute atomic E-state index is 12.3. The average molecular weight is 415 g/mol. The highest BCUT2D eigenvalue weighted by Crippen LogP contribution is 2.32. The Kier molecular flexibility index (Phi) is 5.55. The highest BCUT2D eigenvalue weighted by atomic mass is 35.5. The van der Waals surface area contributed by atoms with Gasteiger partial charge < -0.3 is 0 Å². The van der Waals surface area contributed by atoms with E-state index in [1.165, 1.54) is 17.7 Å². The van der Waals surface area contributed by atoms with Gasteiger partial charge in [0.25, 0.3) is 0 Å². The fourth-order valence-corrected chi connectivity index (χ4v) is 3.99. The predicted molar refractivity (Wildman–Crippen MR) is 101 cm³/mol. The summed E-state index contributed by atoms with van der Waals surface area (Å²) in [4.78, 5) is 8.83. The number of nitrogens with one attached hydrogen (secondary N) is 2. The van der Waals surface area contributed by atoms with Crippen LogP contribution >= 0.6 is 34.5 Å². The third-order valence-corrected chi connectivity index (χ3v) is 5.58.